The van der Waals surface area contributed by atoms with Crippen LogP contribution in [0.3, 0.4) is 0 Å². The van der Waals surface area contributed by atoms with Gasteiger partial charge in [0.15, 0.2) is 0 Å². The van der Waals surface area contributed by atoms with E-state index >= 15 is 0 Å². The number of ether oxygens (including phenoxy) is 2. The lowest BCUT2D eigenvalue weighted by Crippen LogP contribution is -2.16. The first kappa shape index (κ1) is 10.1. The number of hydrogen-bond acceptors (Lipinski definition) is 3. The second kappa shape index (κ2) is 7.24. The van der Waals surface area contributed by atoms with E-state index in [1.807, 2.05) is 0 Å². The summed E-state index contributed by atoms with van der Waals surface area (Å²) in [7, 11) is 0. The molecule has 4 heteroatoms. The van der Waals surface area contributed by atoms with Crippen LogP contribution in [0.4, 0.5) is 0 Å². The quantitative estimate of drug-likeness (QED) is 0.534. The van der Waals surface area contributed by atoms with Crippen molar-refractivity contribution in [3.63, 3.8) is 0 Å². The number of amides is 1. The molecule has 0 aromatic carbocycles. The van der Waals surface area contributed by atoms with E-state index in [1.165, 1.54) is 0 Å². The predicted octanol–water partition coefficient (Wildman–Crippen LogP) is -0.309. The third-order valence-electron chi connectivity index (χ3n) is 0.945. The maximum absolute atomic E-state index is 9.47. The Morgan fingerprint density at radius 3 is 1.64 bits per heavy atom. The van der Waals surface area contributed by atoms with Gasteiger partial charge < -0.3 is 15.2 Å². The number of primary amides is 1. The van der Waals surface area contributed by atoms with E-state index in [9.17, 15) is 4.79 Å². The summed E-state index contributed by atoms with van der Waals surface area (Å²) in [6.07, 6.45) is 1.06. The molecule has 0 saturated carbocycles. The van der Waals surface area contributed by atoms with Crippen molar-refractivity contribution < 1.29 is 14.3 Å². The highest BCUT2D eigenvalue weighted by Crippen LogP contribution is 1.85. The third-order valence-corrected chi connectivity index (χ3v) is 0.945. The molecule has 0 aromatic heterocycles. The third kappa shape index (κ3) is 9.13. The van der Waals surface area contributed by atoms with Gasteiger partial charge in [-0.2, -0.15) is 0 Å². The summed E-state index contributed by atoms with van der Waals surface area (Å²) < 4.78 is 9.89. The average molecular weight is 159 g/mol. The molecule has 11 heavy (non-hydrogen) atoms. The molecule has 1 rings (SSSR count). The van der Waals surface area contributed by atoms with E-state index in [-0.39, 0.29) is 0 Å². The maximum Gasteiger partial charge on any atom is 0.240 e. The molecule has 2 N–H and O–H groups in total. The zero-order valence-electron chi connectivity index (χ0n) is 6.41. The van der Waals surface area contributed by atoms with Crippen molar-refractivity contribution in [3.8, 4) is 0 Å². The van der Waals surface area contributed by atoms with Crippen LogP contribution < -0.4 is 5.73 Å². The Kier molecular flexibility index (Phi) is 6.67. The van der Waals surface area contributed by atoms with Gasteiger partial charge in [0.1, 0.15) is 0 Å². The van der Waals surface area contributed by atoms with Gasteiger partial charge in [-0.25, -0.2) is 0 Å². The minimum absolute atomic E-state index is 0.481. The number of hydrogen-bond donors (Lipinski definition) is 1. The summed E-state index contributed by atoms with van der Waals surface area (Å²) in [6, 6.07) is 0. The Morgan fingerprint density at radius 1 is 1.27 bits per heavy atom. The van der Waals surface area contributed by atoms with Crippen LogP contribution in [0.5, 0.6) is 0 Å². The van der Waals surface area contributed by atoms with Gasteiger partial charge >= 0.3 is 0 Å². The van der Waals surface area contributed by atoms with Gasteiger partial charge in [-0.1, -0.05) is 6.58 Å². The van der Waals surface area contributed by atoms with E-state index in [1.54, 1.807) is 0 Å². The van der Waals surface area contributed by atoms with Gasteiger partial charge in [0.25, 0.3) is 0 Å². The van der Waals surface area contributed by atoms with E-state index < -0.39 is 5.91 Å². The smallest absolute Gasteiger partial charge is 0.240 e. The van der Waals surface area contributed by atoms with Crippen LogP contribution in [-0.2, 0) is 14.3 Å². The number of rotatable bonds is 1. The molecule has 0 atom stereocenters. The molecule has 0 radical (unpaired) electrons. The fourth-order valence-corrected chi connectivity index (χ4v) is 0.440. The Balaban J connectivity index is 0.000000187. The molecular formula is C7H13NO3. The lowest BCUT2D eigenvalue weighted by atomic mass is 10.6. The first-order chi connectivity index (χ1) is 5.27. The Morgan fingerprint density at radius 2 is 1.55 bits per heavy atom. The van der Waals surface area contributed by atoms with Crippen molar-refractivity contribution in [2.75, 3.05) is 26.4 Å². The monoisotopic (exact) mass is 159 g/mol. The van der Waals surface area contributed by atoms with E-state index in [0.29, 0.717) is 0 Å². The van der Waals surface area contributed by atoms with Crippen LogP contribution >= 0.6 is 0 Å². The van der Waals surface area contributed by atoms with Crippen molar-refractivity contribution in [2.24, 2.45) is 5.73 Å². The van der Waals surface area contributed by atoms with Crippen molar-refractivity contribution in [1.82, 2.24) is 0 Å². The molecule has 1 fully saturated rings. The van der Waals surface area contributed by atoms with Gasteiger partial charge in [-0.3, -0.25) is 4.79 Å². The molecule has 0 aliphatic carbocycles. The zero-order valence-corrected chi connectivity index (χ0v) is 6.41. The fourth-order valence-electron chi connectivity index (χ4n) is 0.440. The standard InChI is InChI=1S/C4H8O2.C3H5NO/c1-2-6-4-3-5-1;1-2-3(4)5/h1-4H2;2H,1H2,(H2,4,5). The van der Waals surface area contributed by atoms with E-state index in [4.69, 9.17) is 9.47 Å². The molecule has 1 amide bonds. The molecular weight excluding hydrogens is 146 g/mol. The summed E-state index contributed by atoms with van der Waals surface area (Å²) in [5, 5.41) is 0. The van der Waals surface area contributed by atoms with Gasteiger partial charge in [-0.15, -0.1) is 0 Å². The molecule has 1 saturated heterocycles. The maximum atomic E-state index is 9.47. The van der Waals surface area contributed by atoms with Gasteiger partial charge in [0.05, 0.1) is 26.4 Å². The lowest BCUT2D eigenvalue weighted by molar-refractivity contribution is -0.113. The van der Waals surface area contributed by atoms with Gasteiger partial charge in [0, 0.05) is 0 Å². The highest BCUT2D eigenvalue weighted by molar-refractivity contribution is 5.84. The van der Waals surface area contributed by atoms with E-state index in [2.05, 4.69) is 12.3 Å². The van der Waals surface area contributed by atoms with Crippen LogP contribution in [0.2, 0.25) is 0 Å². The first-order valence-electron chi connectivity index (χ1n) is 3.34. The van der Waals surface area contributed by atoms with Crippen LogP contribution in [-0.4, -0.2) is 32.3 Å². The summed E-state index contributed by atoms with van der Waals surface area (Å²) in [5.41, 5.74) is 4.53. The molecule has 0 aromatic rings. The number of carbonyl (C=O) groups is 1. The molecule has 1 aliphatic heterocycles. The molecule has 0 unspecified atom stereocenters. The molecule has 0 bridgehead atoms. The molecule has 1 aliphatic rings. The fraction of sp³-hybridized carbons (Fsp3) is 0.571. The van der Waals surface area contributed by atoms with Gasteiger partial charge in [-0.05, 0) is 6.08 Å². The van der Waals surface area contributed by atoms with Crippen LogP contribution in [0, 0.1) is 0 Å². The van der Waals surface area contributed by atoms with Crippen molar-refractivity contribution in [2.45, 2.75) is 0 Å². The zero-order chi connectivity index (χ0) is 8.53. The van der Waals surface area contributed by atoms with Crippen LogP contribution in [0.25, 0.3) is 0 Å². The second-order valence-corrected chi connectivity index (χ2v) is 1.83. The highest BCUT2D eigenvalue weighted by Gasteiger charge is 1.94. The largest absolute Gasteiger partial charge is 0.377 e. The summed E-state index contributed by atoms with van der Waals surface area (Å²) in [5.74, 6) is -0.481. The number of carbonyl (C=O) groups excluding carboxylic acids is 1. The van der Waals surface area contributed by atoms with Crippen LogP contribution in [0.15, 0.2) is 12.7 Å². The molecule has 4 nitrogen and oxygen atoms in total. The SMILES string of the molecule is C1COCCO1.C=CC(N)=O. The minimum atomic E-state index is -0.481. The van der Waals surface area contributed by atoms with E-state index in [0.717, 1.165) is 32.5 Å². The van der Waals surface area contributed by atoms with Crippen molar-refractivity contribution in [3.05, 3.63) is 12.7 Å². The molecule has 0 spiro atoms. The second-order valence-electron chi connectivity index (χ2n) is 1.83. The number of nitrogens with two attached hydrogens (primary N) is 1. The van der Waals surface area contributed by atoms with Gasteiger partial charge in [0.2, 0.25) is 5.91 Å². The van der Waals surface area contributed by atoms with Crippen LogP contribution in [0.1, 0.15) is 0 Å². The topological polar surface area (TPSA) is 61.6 Å². The summed E-state index contributed by atoms with van der Waals surface area (Å²) in [6.45, 7) is 6.20. The first-order valence-corrected chi connectivity index (χ1v) is 3.34. The normalized spacial score (nSPS) is 16.0. The molecule has 1 heterocycles. The van der Waals surface area contributed by atoms with Crippen molar-refractivity contribution in [1.29, 1.82) is 0 Å². The Bertz CT molecular complexity index is 109. The van der Waals surface area contributed by atoms with Crippen molar-refractivity contribution >= 4 is 5.91 Å². The Labute approximate surface area is 66.0 Å². The minimum Gasteiger partial charge on any atom is -0.377 e. The Hall–Kier alpha value is -0.870. The molecule has 64 valence electrons. The summed E-state index contributed by atoms with van der Waals surface area (Å²) in [4.78, 5) is 9.47. The predicted molar refractivity (Wildman–Crippen MR) is 41.0 cm³/mol. The average Bonchev–Trinajstić information content (AvgIpc) is 2.09. The summed E-state index contributed by atoms with van der Waals surface area (Å²) >= 11 is 0. The lowest BCUT2D eigenvalue weighted by Gasteiger charge is -2.09. The highest BCUT2D eigenvalue weighted by atomic mass is 16.6.